The van der Waals surface area contributed by atoms with E-state index >= 15 is 0 Å². The Hall–Kier alpha value is -3.90. The minimum absolute atomic E-state index is 0.108. The van der Waals surface area contributed by atoms with Crippen molar-refractivity contribution in [1.29, 1.82) is 0 Å². The van der Waals surface area contributed by atoms with Gasteiger partial charge in [0, 0.05) is 30.0 Å². The molecule has 34 heavy (non-hydrogen) atoms. The molecular formula is C28H27NO5. The lowest BCUT2D eigenvalue weighted by Gasteiger charge is -2.11. The van der Waals surface area contributed by atoms with Crippen LogP contribution in [-0.4, -0.2) is 18.4 Å². The Kier molecular flexibility index (Phi) is 7.09. The van der Waals surface area contributed by atoms with Gasteiger partial charge in [-0.15, -0.1) is 0 Å². The molecule has 3 aromatic carbocycles. The molecule has 6 nitrogen and oxygen atoms in total. The molecule has 4 rings (SSSR count). The molecule has 0 saturated carbocycles. The third kappa shape index (κ3) is 5.02. The van der Waals surface area contributed by atoms with Crippen molar-refractivity contribution in [2.75, 3.05) is 6.61 Å². The highest BCUT2D eigenvalue weighted by Crippen LogP contribution is 2.32. The van der Waals surface area contributed by atoms with Gasteiger partial charge < -0.3 is 19.6 Å². The highest BCUT2D eigenvalue weighted by Gasteiger charge is 2.20. The molecule has 2 N–H and O–H groups in total. The maximum atomic E-state index is 12.3. The monoisotopic (exact) mass is 457 g/mol. The average Bonchev–Trinajstić information content (AvgIpc) is 3.22. The zero-order valence-electron chi connectivity index (χ0n) is 19.3. The number of hydrogen-bond acceptors (Lipinski definition) is 6. The summed E-state index contributed by atoms with van der Waals surface area (Å²) in [7, 11) is 0. The molecule has 0 amide bonds. The van der Waals surface area contributed by atoms with Crippen LogP contribution < -0.4 is 10.5 Å². The Morgan fingerprint density at radius 3 is 2.53 bits per heavy atom. The maximum Gasteiger partial charge on any atom is 0.310 e. The highest BCUT2D eigenvalue weighted by atomic mass is 16.5. The van der Waals surface area contributed by atoms with Crippen molar-refractivity contribution in [2.24, 2.45) is 5.73 Å². The average molecular weight is 458 g/mol. The lowest BCUT2D eigenvalue weighted by molar-refractivity contribution is -0.142. The first-order valence-corrected chi connectivity index (χ1v) is 11.2. The van der Waals surface area contributed by atoms with E-state index in [1.54, 1.807) is 13.0 Å². The van der Waals surface area contributed by atoms with Crippen LogP contribution in [0.2, 0.25) is 0 Å². The number of carbonyl (C=O) groups is 2. The second-order valence-corrected chi connectivity index (χ2v) is 7.96. The van der Waals surface area contributed by atoms with Gasteiger partial charge in [0.25, 0.3) is 0 Å². The topological polar surface area (TPSA) is 91.8 Å². The number of Topliss-reactive ketones (excluding diaryl/α,β-unsaturated/α-hetero) is 1. The van der Waals surface area contributed by atoms with Gasteiger partial charge in [0.15, 0.2) is 11.5 Å². The number of benzene rings is 3. The minimum atomic E-state index is -0.318. The van der Waals surface area contributed by atoms with Gasteiger partial charge in [-0.2, -0.15) is 0 Å². The van der Waals surface area contributed by atoms with Crippen LogP contribution in [0.1, 0.15) is 41.1 Å². The SMILES string of the molecule is CCOC(=O)Cc1ccccc1OCc1c(C(C)=O)oc2ccc(-c3cccc(CN)c3)cc12. The van der Waals surface area contributed by atoms with Crippen LogP contribution in [0.5, 0.6) is 5.75 Å². The van der Waals surface area contributed by atoms with Crippen LogP contribution in [-0.2, 0) is 29.1 Å². The van der Waals surface area contributed by atoms with Crippen molar-refractivity contribution in [2.45, 2.75) is 33.4 Å². The summed E-state index contributed by atoms with van der Waals surface area (Å²) in [6, 6.07) is 21.2. The zero-order valence-corrected chi connectivity index (χ0v) is 19.3. The van der Waals surface area contributed by atoms with Crippen molar-refractivity contribution in [3.8, 4) is 16.9 Å². The first-order valence-electron chi connectivity index (χ1n) is 11.2. The van der Waals surface area contributed by atoms with E-state index < -0.39 is 0 Å². The summed E-state index contributed by atoms with van der Waals surface area (Å²) >= 11 is 0. The summed E-state index contributed by atoms with van der Waals surface area (Å²) in [5, 5.41) is 0.809. The quantitative estimate of drug-likeness (QED) is 0.266. The third-order valence-electron chi connectivity index (χ3n) is 5.59. The summed E-state index contributed by atoms with van der Waals surface area (Å²) in [6.07, 6.45) is 0.108. The summed E-state index contributed by atoms with van der Waals surface area (Å²) in [5.74, 6) is 0.333. The summed E-state index contributed by atoms with van der Waals surface area (Å²) in [6.45, 7) is 4.14. The molecule has 0 aliphatic carbocycles. The number of esters is 1. The van der Waals surface area contributed by atoms with Crippen LogP contribution in [0.25, 0.3) is 22.1 Å². The molecule has 0 unspecified atom stereocenters. The normalized spacial score (nSPS) is 10.9. The summed E-state index contributed by atoms with van der Waals surface area (Å²) in [5.41, 5.74) is 10.9. The van der Waals surface area contributed by atoms with Crippen LogP contribution in [0.15, 0.2) is 71.1 Å². The molecule has 0 bridgehead atoms. The van der Waals surface area contributed by atoms with Gasteiger partial charge in [-0.1, -0.05) is 42.5 Å². The van der Waals surface area contributed by atoms with E-state index in [-0.39, 0.29) is 30.5 Å². The minimum Gasteiger partial charge on any atom is -0.488 e. The maximum absolute atomic E-state index is 12.3. The number of furan rings is 1. The molecule has 0 radical (unpaired) electrons. The Morgan fingerprint density at radius 2 is 1.76 bits per heavy atom. The smallest absolute Gasteiger partial charge is 0.310 e. The largest absolute Gasteiger partial charge is 0.488 e. The molecule has 0 spiro atoms. The van der Waals surface area contributed by atoms with Gasteiger partial charge in [0.1, 0.15) is 17.9 Å². The van der Waals surface area contributed by atoms with Gasteiger partial charge in [-0.25, -0.2) is 0 Å². The van der Waals surface area contributed by atoms with E-state index in [1.807, 2.05) is 54.6 Å². The van der Waals surface area contributed by atoms with Gasteiger partial charge in [0.2, 0.25) is 0 Å². The highest BCUT2D eigenvalue weighted by molar-refractivity contribution is 6.00. The van der Waals surface area contributed by atoms with Crippen molar-refractivity contribution in [3.05, 3.63) is 89.2 Å². The molecule has 174 valence electrons. The van der Waals surface area contributed by atoms with Crippen LogP contribution in [0.3, 0.4) is 0 Å². The van der Waals surface area contributed by atoms with E-state index in [4.69, 9.17) is 19.6 Å². The van der Waals surface area contributed by atoms with E-state index in [2.05, 4.69) is 6.07 Å². The number of rotatable bonds is 9. The third-order valence-corrected chi connectivity index (χ3v) is 5.59. The molecule has 4 aromatic rings. The van der Waals surface area contributed by atoms with E-state index in [9.17, 15) is 9.59 Å². The number of nitrogens with two attached hydrogens (primary N) is 1. The zero-order chi connectivity index (χ0) is 24.1. The Balaban J connectivity index is 1.69. The predicted molar refractivity (Wildman–Crippen MR) is 131 cm³/mol. The van der Waals surface area contributed by atoms with E-state index in [1.165, 1.54) is 6.92 Å². The number of ether oxygens (including phenoxy) is 2. The molecule has 1 aromatic heterocycles. The summed E-state index contributed by atoms with van der Waals surface area (Å²) < 4.78 is 17.1. The number of para-hydroxylation sites is 1. The lowest BCUT2D eigenvalue weighted by Crippen LogP contribution is -2.09. The van der Waals surface area contributed by atoms with Gasteiger partial charge >= 0.3 is 5.97 Å². The molecule has 0 atom stereocenters. The molecule has 0 aliphatic rings. The molecule has 0 fully saturated rings. The van der Waals surface area contributed by atoms with Crippen molar-refractivity contribution in [1.82, 2.24) is 0 Å². The number of hydrogen-bond donors (Lipinski definition) is 1. The fourth-order valence-electron chi connectivity index (χ4n) is 3.94. The summed E-state index contributed by atoms with van der Waals surface area (Å²) in [4.78, 5) is 24.3. The fraction of sp³-hybridized carbons (Fsp3) is 0.214. The molecule has 6 heteroatoms. The first-order chi connectivity index (χ1) is 16.5. The molecule has 0 saturated heterocycles. The standard InChI is InChI=1S/C28H27NO5/c1-3-32-27(31)15-22-8-4-5-10-25(22)33-17-24-23-14-21(20-9-6-7-19(13-20)16-29)11-12-26(23)34-28(24)18(2)30/h4-14H,3,15-17,29H2,1-2H3. The second-order valence-electron chi connectivity index (χ2n) is 7.96. The van der Waals surface area contributed by atoms with Gasteiger partial charge in [-0.3, -0.25) is 9.59 Å². The van der Waals surface area contributed by atoms with Crippen molar-refractivity contribution < 1.29 is 23.5 Å². The second kappa shape index (κ2) is 10.4. The number of fused-ring (bicyclic) bond motifs is 1. The fourth-order valence-corrected chi connectivity index (χ4v) is 3.94. The first kappa shape index (κ1) is 23.3. The van der Waals surface area contributed by atoms with Crippen molar-refractivity contribution >= 4 is 22.7 Å². The van der Waals surface area contributed by atoms with Crippen molar-refractivity contribution in [3.63, 3.8) is 0 Å². The van der Waals surface area contributed by atoms with E-state index in [0.29, 0.717) is 30.0 Å². The Morgan fingerprint density at radius 1 is 0.971 bits per heavy atom. The van der Waals surface area contributed by atoms with Crippen LogP contribution in [0.4, 0.5) is 0 Å². The molecular weight excluding hydrogens is 430 g/mol. The van der Waals surface area contributed by atoms with Crippen LogP contribution in [0, 0.1) is 0 Å². The number of ketones is 1. The number of carbonyl (C=O) groups excluding carboxylic acids is 2. The van der Waals surface area contributed by atoms with E-state index in [0.717, 1.165) is 27.6 Å². The molecule has 0 aliphatic heterocycles. The van der Waals surface area contributed by atoms with Gasteiger partial charge in [-0.05, 0) is 47.9 Å². The lowest BCUT2D eigenvalue weighted by atomic mass is 10.00. The Labute approximate surface area is 198 Å². The Bertz CT molecular complexity index is 1340. The predicted octanol–water partition coefficient (Wildman–Crippen LogP) is 5.45. The van der Waals surface area contributed by atoms with Crippen LogP contribution >= 0.6 is 0 Å². The van der Waals surface area contributed by atoms with Gasteiger partial charge in [0.05, 0.1) is 13.0 Å². The molecule has 1 heterocycles.